The fraction of sp³-hybridized carbons (Fsp3) is 0.333. The number of hydrogen-bond acceptors (Lipinski definition) is 3. The van der Waals surface area contributed by atoms with Crippen LogP contribution in [0.3, 0.4) is 0 Å². The summed E-state index contributed by atoms with van der Waals surface area (Å²) in [5.74, 6) is 0.0419. The predicted octanol–water partition coefficient (Wildman–Crippen LogP) is 4.34. The highest BCUT2D eigenvalue weighted by Crippen LogP contribution is 2.28. The standard InChI is InChI=1S/C21H24BrClN2O3/c1-4-24-21(27)15(3)25(12-16-8-6-5-7-14(16)2)20(26)13-28-19-10-9-17(23)11-18(19)22/h5-11,15H,4,12-13H2,1-3H3,(H,24,27)/t15-/m1/s1. The molecule has 0 saturated heterocycles. The lowest BCUT2D eigenvalue weighted by atomic mass is 10.1. The number of carbonyl (C=O) groups excluding carboxylic acids is 2. The van der Waals surface area contributed by atoms with Crippen molar-refractivity contribution >= 4 is 39.3 Å². The van der Waals surface area contributed by atoms with E-state index in [1.165, 1.54) is 4.90 Å². The van der Waals surface area contributed by atoms with Crippen LogP contribution in [0, 0.1) is 6.92 Å². The van der Waals surface area contributed by atoms with Crippen LogP contribution < -0.4 is 10.1 Å². The van der Waals surface area contributed by atoms with E-state index in [0.29, 0.717) is 28.3 Å². The van der Waals surface area contributed by atoms with Crippen LogP contribution >= 0.6 is 27.5 Å². The van der Waals surface area contributed by atoms with Crippen LogP contribution in [0.25, 0.3) is 0 Å². The first kappa shape index (κ1) is 22.2. The molecule has 0 aliphatic rings. The second-order valence-corrected chi connectivity index (χ2v) is 7.67. The topological polar surface area (TPSA) is 58.6 Å². The van der Waals surface area contributed by atoms with Gasteiger partial charge in [0.2, 0.25) is 5.91 Å². The van der Waals surface area contributed by atoms with Gasteiger partial charge >= 0.3 is 0 Å². The third-order valence-electron chi connectivity index (χ3n) is 4.37. The second-order valence-electron chi connectivity index (χ2n) is 6.38. The summed E-state index contributed by atoms with van der Waals surface area (Å²) < 4.78 is 6.33. The summed E-state index contributed by atoms with van der Waals surface area (Å²) in [5, 5.41) is 3.34. The van der Waals surface area contributed by atoms with Gasteiger partial charge in [-0.3, -0.25) is 9.59 Å². The summed E-state index contributed by atoms with van der Waals surface area (Å²) in [6.45, 7) is 6.20. The Hall–Kier alpha value is -2.05. The van der Waals surface area contributed by atoms with Gasteiger partial charge in [0.1, 0.15) is 11.8 Å². The van der Waals surface area contributed by atoms with Gasteiger partial charge in [0, 0.05) is 18.1 Å². The van der Waals surface area contributed by atoms with Gasteiger partial charge < -0.3 is 15.0 Å². The molecular formula is C21H24BrClN2O3. The maximum Gasteiger partial charge on any atom is 0.261 e. The van der Waals surface area contributed by atoms with Gasteiger partial charge in [0.25, 0.3) is 5.91 Å². The van der Waals surface area contributed by atoms with Crippen molar-refractivity contribution in [2.75, 3.05) is 13.2 Å². The zero-order valence-corrected chi connectivity index (χ0v) is 18.5. The predicted molar refractivity (Wildman–Crippen MR) is 115 cm³/mol. The Bertz CT molecular complexity index is 844. The van der Waals surface area contributed by atoms with Crippen LogP contribution in [-0.4, -0.2) is 35.9 Å². The van der Waals surface area contributed by atoms with Gasteiger partial charge in [-0.25, -0.2) is 0 Å². The zero-order valence-electron chi connectivity index (χ0n) is 16.2. The van der Waals surface area contributed by atoms with Crippen molar-refractivity contribution in [3.05, 3.63) is 63.1 Å². The Morgan fingerprint density at radius 3 is 2.61 bits per heavy atom. The number of nitrogens with one attached hydrogen (secondary N) is 1. The van der Waals surface area contributed by atoms with Crippen LogP contribution in [0.5, 0.6) is 5.75 Å². The quantitative estimate of drug-likeness (QED) is 0.628. The van der Waals surface area contributed by atoms with Crippen molar-refractivity contribution in [3.63, 3.8) is 0 Å². The van der Waals surface area contributed by atoms with Gasteiger partial charge in [0.05, 0.1) is 4.47 Å². The molecule has 0 heterocycles. The van der Waals surface area contributed by atoms with Crippen LogP contribution in [0.1, 0.15) is 25.0 Å². The monoisotopic (exact) mass is 466 g/mol. The lowest BCUT2D eigenvalue weighted by Crippen LogP contribution is -2.49. The number of rotatable bonds is 8. The van der Waals surface area contributed by atoms with Crippen LogP contribution in [0.15, 0.2) is 46.9 Å². The van der Waals surface area contributed by atoms with Crippen LogP contribution in [0.2, 0.25) is 5.02 Å². The molecule has 2 amide bonds. The molecule has 1 N–H and O–H groups in total. The number of halogens is 2. The van der Waals surface area contributed by atoms with E-state index in [0.717, 1.165) is 11.1 Å². The van der Waals surface area contributed by atoms with Crippen molar-refractivity contribution in [3.8, 4) is 5.75 Å². The van der Waals surface area contributed by atoms with E-state index in [1.807, 2.05) is 38.1 Å². The molecule has 0 aliphatic carbocycles. The molecule has 0 spiro atoms. The highest BCUT2D eigenvalue weighted by atomic mass is 79.9. The average molecular weight is 468 g/mol. The van der Waals surface area contributed by atoms with E-state index < -0.39 is 6.04 Å². The number of ether oxygens (including phenoxy) is 1. The number of nitrogens with zero attached hydrogens (tertiary/aromatic N) is 1. The Morgan fingerprint density at radius 2 is 1.96 bits per heavy atom. The SMILES string of the molecule is CCNC(=O)[C@@H](C)N(Cc1ccccc1C)C(=O)COc1ccc(Cl)cc1Br. The number of aryl methyl sites for hydroxylation is 1. The first-order chi connectivity index (χ1) is 13.3. The Kier molecular flexibility index (Phi) is 8.33. The van der Waals surface area contributed by atoms with Crippen molar-refractivity contribution < 1.29 is 14.3 Å². The van der Waals surface area contributed by atoms with Gasteiger partial charge in [-0.1, -0.05) is 35.9 Å². The maximum atomic E-state index is 12.9. The van der Waals surface area contributed by atoms with Crippen LogP contribution in [-0.2, 0) is 16.1 Å². The van der Waals surface area contributed by atoms with Crippen molar-refractivity contribution in [2.45, 2.75) is 33.4 Å². The van der Waals surface area contributed by atoms with Gasteiger partial charge in [-0.05, 0) is 66.0 Å². The van der Waals surface area contributed by atoms with Gasteiger partial charge in [0.15, 0.2) is 6.61 Å². The molecule has 0 aromatic heterocycles. The zero-order chi connectivity index (χ0) is 20.7. The number of carbonyl (C=O) groups is 2. The average Bonchev–Trinajstić information content (AvgIpc) is 2.66. The summed E-state index contributed by atoms with van der Waals surface area (Å²) >= 11 is 9.31. The number of amides is 2. The number of hydrogen-bond donors (Lipinski definition) is 1. The maximum absolute atomic E-state index is 12.9. The van der Waals surface area contributed by atoms with Crippen molar-refractivity contribution in [1.82, 2.24) is 10.2 Å². The third-order valence-corrected chi connectivity index (χ3v) is 5.22. The molecule has 28 heavy (non-hydrogen) atoms. The minimum Gasteiger partial charge on any atom is -0.483 e. The molecular weight excluding hydrogens is 444 g/mol. The Balaban J connectivity index is 2.18. The fourth-order valence-corrected chi connectivity index (χ4v) is 3.49. The fourth-order valence-electron chi connectivity index (χ4n) is 2.69. The molecule has 0 fully saturated rings. The van der Waals surface area contributed by atoms with Gasteiger partial charge in [-0.2, -0.15) is 0 Å². The van der Waals surface area contributed by atoms with E-state index in [1.54, 1.807) is 25.1 Å². The molecule has 5 nitrogen and oxygen atoms in total. The molecule has 0 saturated carbocycles. The first-order valence-corrected chi connectivity index (χ1v) is 10.2. The number of likely N-dealkylation sites (N-methyl/N-ethyl adjacent to an activating group) is 1. The summed E-state index contributed by atoms with van der Waals surface area (Å²) in [7, 11) is 0. The molecule has 0 aliphatic heterocycles. The molecule has 2 aromatic rings. The Labute approximate surface area is 179 Å². The Morgan fingerprint density at radius 1 is 1.25 bits per heavy atom. The van der Waals surface area contributed by atoms with E-state index in [2.05, 4.69) is 21.2 Å². The van der Waals surface area contributed by atoms with E-state index in [9.17, 15) is 9.59 Å². The van der Waals surface area contributed by atoms with E-state index in [-0.39, 0.29) is 18.4 Å². The minimum absolute atomic E-state index is 0.185. The second kappa shape index (κ2) is 10.5. The molecule has 2 aromatic carbocycles. The van der Waals surface area contributed by atoms with Crippen LogP contribution in [0.4, 0.5) is 0 Å². The highest BCUT2D eigenvalue weighted by Gasteiger charge is 2.26. The highest BCUT2D eigenvalue weighted by molar-refractivity contribution is 9.10. The molecule has 2 rings (SSSR count). The summed E-state index contributed by atoms with van der Waals surface area (Å²) in [5.41, 5.74) is 2.05. The number of benzene rings is 2. The van der Waals surface area contributed by atoms with E-state index in [4.69, 9.17) is 16.3 Å². The molecule has 1 atom stereocenters. The van der Waals surface area contributed by atoms with Gasteiger partial charge in [-0.15, -0.1) is 0 Å². The minimum atomic E-state index is -0.621. The van der Waals surface area contributed by atoms with Crippen molar-refractivity contribution in [2.24, 2.45) is 0 Å². The third kappa shape index (κ3) is 5.97. The molecule has 150 valence electrons. The largest absolute Gasteiger partial charge is 0.483 e. The summed E-state index contributed by atoms with van der Waals surface area (Å²) in [4.78, 5) is 26.8. The lowest BCUT2D eigenvalue weighted by Gasteiger charge is -2.29. The summed E-state index contributed by atoms with van der Waals surface area (Å²) in [6.07, 6.45) is 0. The molecule has 7 heteroatoms. The molecule has 0 radical (unpaired) electrons. The first-order valence-electron chi connectivity index (χ1n) is 9.03. The molecule has 0 unspecified atom stereocenters. The normalized spacial score (nSPS) is 11.6. The summed E-state index contributed by atoms with van der Waals surface area (Å²) in [6, 6.07) is 12.3. The lowest BCUT2D eigenvalue weighted by molar-refractivity contribution is -0.142. The van der Waals surface area contributed by atoms with Crippen molar-refractivity contribution in [1.29, 1.82) is 0 Å². The van der Waals surface area contributed by atoms with E-state index >= 15 is 0 Å². The molecule has 0 bridgehead atoms. The smallest absolute Gasteiger partial charge is 0.261 e.